The Kier molecular flexibility index (Phi) is 6.04. The Hall–Kier alpha value is -2.64. The molecule has 3 rings (SSSR count). The third-order valence-corrected chi connectivity index (χ3v) is 4.28. The van der Waals surface area contributed by atoms with Crippen molar-refractivity contribution in [3.05, 3.63) is 54.1 Å². The average molecular weight is 371 g/mol. The summed E-state index contributed by atoms with van der Waals surface area (Å²) in [6.07, 6.45) is 0. The maximum Gasteiger partial charge on any atom is 0.257 e. The van der Waals surface area contributed by atoms with Gasteiger partial charge in [-0.2, -0.15) is 0 Å². The summed E-state index contributed by atoms with van der Waals surface area (Å²) < 4.78 is 10.4. The molecule has 1 amide bonds. The van der Waals surface area contributed by atoms with E-state index in [0.29, 0.717) is 11.3 Å². The SMILES string of the molecule is COc1ccc(C(=O)NC(=S)Nc2ccc(N3CCOCC3)cc2)cc1. The van der Waals surface area contributed by atoms with Crippen molar-refractivity contribution in [3.63, 3.8) is 0 Å². The highest BCUT2D eigenvalue weighted by Gasteiger charge is 2.11. The lowest BCUT2D eigenvalue weighted by Gasteiger charge is -2.28. The fraction of sp³-hybridized carbons (Fsp3) is 0.263. The number of nitrogens with zero attached hydrogens (tertiary/aromatic N) is 1. The molecule has 0 saturated carbocycles. The third-order valence-electron chi connectivity index (χ3n) is 4.08. The molecule has 0 bridgehead atoms. The topological polar surface area (TPSA) is 62.8 Å². The van der Waals surface area contributed by atoms with Gasteiger partial charge in [-0.3, -0.25) is 10.1 Å². The number of hydrogen-bond acceptors (Lipinski definition) is 5. The molecule has 0 atom stereocenters. The predicted octanol–water partition coefficient (Wildman–Crippen LogP) is 2.66. The van der Waals surface area contributed by atoms with Gasteiger partial charge in [0, 0.05) is 30.0 Å². The first-order valence-electron chi connectivity index (χ1n) is 8.35. The summed E-state index contributed by atoms with van der Waals surface area (Å²) in [7, 11) is 1.58. The van der Waals surface area contributed by atoms with Crippen LogP contribution in [0.15, 0.2) is 48.5 Å². The van der Waals surface area contributed by atoms with Crippen LogP contribution < -0.4 is 20.3 Å². The second-order valence-corrected chi connectivity index (χ2v) is 6.19. The Labute approximate surface area is 158 Å². The van der Waals surface area contributed by atoms with Crippen LogP contribution >= 0.6 is 12.2 Å². The summed E-state index contributed by atoms with van der Waals surface area (Å²) in [5, 5.41) is 5.96. The molecule has 0 unspecified atom stereocenters. The first-order chi connectivity index (χ1) is 12.7. The number of ether oxygens (including phenoxy) is 2. The van der Waals surface area contributed by atoms with Gasteiger partial charge in [0.1, 0.15) is 5.75 Å². The van der Waals surface area contributed by atoms with Crippen molar-refractivity contribution < 1.29 is 14.3 Å². The summed E-state index contributed by atoms with van der Waals surface area (Å²) in [5.41, 5.74) is 2.48. The van der Waals surface area contributed by atoms with Crippen LogP contribution in [0.25, 0.3) is 0 Å². The molecule has 7 heteroatoms. The molecular formula is C19H21N3O3S. The maximum atomic E-state index is 12.2. The van der Waals surface area contributed by atoms with E-state index in [1.54, 1.807) is 31.4 Å². The largest absolute Gasteiger partial charge is 0.497 e. The smallest absolute Gasteiger partial charge is 0.257 e. The van der Waals surface area contributed by atoms with Gasteiger partial charge >= 0.3 is 0 Å². The zero-order valence-corrected chi connectivity index (χ0v) is 15.3. The van der Waals surface area contributed by atoms with Gasteiger partial charge in [0.25, 0.3) is 5.91 Å². The van der Waals surface area contributed by atoms with Crippen molar-refractivity contribution >= 4 is 34.6 Å². The van der Waals surface area contributed by atoms with E-state index in [9.17, 15) is 4.79 Å². The molecular weight excluding hydrogens is 350 g/mol. The van der Waals surface area contributed by atoms with E-state index in [4.69, 9.17) is 21.7 Å². The molecule has 1 aliphatic heterocycles. The van der Waals surface area contributed by atoms with Gasteiger partial charge in [0.2, 0.25) is 0 Å². The number of amides is 1. The molecule has 2 aromatic rings. The summed E-state index contributed by atoms with van der Waals surface area (Å²) in [4.78, 5) is 14.5. The van der Waals surface area contributed by atoms with Crippen molar-refractivity contribution in [2.24, 2.45) is 0 Å². The number of carbonyl (C=O) groups excluding carboxylic acids is 1. The van der Waals surface area contributed by atoms with Crippen LogP contribution in [-0.2, 0) is 4.74 Å². The summed E-state index contributed by atoms with van der Waals surface area (Å²) in [6.45, 7) is 3.29. The van der Waals surface area contributed by atoms with Crippen molar-refractivity contribution in [2.75, 3.05) is 43.6 Å². The van der Waals surface area contributed by atoms with Crippen molar-refractivity contribution in [1.29, 1.82) is 0 Å². The molecule has 1 saturated heterocycles. The zero-order valence-electron chi connectivity index (χ0n) is 14.5. The van der Waals surface area contributed by atoms with Gasteiger partial charge < -0.3 is 19.7 Å². The Morgan fingerprint density at radius 2 is 1.73 bits per heavy atom. The maximum absolute atomic E-state index is 12.2. The number of anilines is 2. The number of hydrogen-bond donors (Lipinski definition) is 2. The monoisotopic (exact) mass is 371 g/mol. The lowest BCUT2D eigenvalue weighted by molar-refractivity contribution is 0.0977. The van der Waals surface area contributed by atoms with E-state index in [1.165, 1.54) is 0 Å². The summed E-state index contributed by atoms with van der Waals surface area (Å²) in [6, 6.07) is 14.8. The van der Waals surface area contributed by atoms with Gasteiger partial charge in [-0.15, -0.1) is 0 Å². The fourth-order valence-electron chi connectivity index (χ4n) is 2.66. The number of rotatable bonds is 4. The number of methoxy groups -OCH3 is 1. The zero-order chi connectivity index (χ0) is 18.4. The number of nitrogens with one attached hydrogen (secondary N) is 2. The number of carbonyl (C=O) groups is 1. The van der Waals surface area contributed by atoms with Crippen LogP contribution in [0.3, 0.4) is 0 Å². The quantitative estimate of drug-likeness (QED) is 0.806. The first kappa shape index (κ1) is 18.2. The van der Waals surface area contributed by atoms with Gasteiger partial charge in [-0.1, -0.05) is 0 Å². The highest BCUT2D eigenvalue weighted by atomic mass is 32.1. The third kappa shape index (κ3) is 4.71. The molecule has 0 radical (unpaired) electrons. The number of morpholine rings is 1. The standard InChI is InChI=1S/C19H21N3O3S/c1-24-17-8-2-14(3-9-17)18(23)21-19(26)20-15-4-6-16(7-5-15)22-10-12-25-13-11-22/h2-9H,10-13H2,1H3,(H2,20,21,23,26). The Morgan fingerprint density at radius 1 is 1.08 bits per heavy atom. The van der Waals surface area contributed by atoms with Crippen LogP contribution in [0.4, 0.5) is 11.4 Å². The molecule has 1 aliphatic rings. The van der Waals surface area contributed by atoms with Gasteiger partial charge in [0.15, 0.2) is 5.11 Å². The van der Waals surface area contributed by atoms with Crippen molar-refractivity contribution in [1.82, 2.24) is 5.32 Å². The van der Waals surface area contributed by atoms with E-state index < -0.39 is 0 Å². The van der Waals surface area contributed by atoms with E-state index >= 15 is 0 Å². The second-order valence-electron chi connectivity index (χ2n) is 5.78. The molecule has 136 valence electrons. The van der Waals surface area contributed by atoms with Crippen LogP contribution in [0.1, 0.15) is 10.4 Å². The lowest BCUT2D eigenvalue weighted by Crippen LogP contribution is -2.36. The molecule has 1 fully saturated rings. The molecule has 2 N–H and O–H groups in total. The van der Waals surface area contributed by atoms with Crippen LogP contribution in [0.5, 0.6) is 5.75 Å². The lowest BCUT2D eigenvalue weighted by atomic mass is 10.2. The molecule has 26 heavy (non-hydrogen) atoms. The highest BCUT2D eigenvalue weighted by Crippen LogP contribution is 2.19. The Bertz CT molecular complexity index is 757. The van der Waals surface area contributed by atoms with E-state index in [0.717, 1.165) is 37.7 Å². The minimum Gasteiger partial charge on any atom is -0.497 e. The van der Waals surface area contributed by atoms with Gasteiger partial charge in [-0.25, -0.2) is 0 Å². The molecule has 1 heterocycles. The fourth-order valence-corrected chi connectivity index (χ4v) is 2.87. The molecule has 0 aliphatic carbocycles. The molecule has 0 spiro atoms. The van der Waals surface area contributed by atoms with E-state index in [2.05, 4.69) is 15.5 Å². The molecule has 6 nitrogen and oxygen atoms in total. The highest BCUT2D eigenvalue weighted by molar-refractivity contribution is 7.80. The molecule has 0 aromatic heterocycles. The number of thiocarbonyl (C=S) groups is 1. The normalized spacial score (nSPS) is 13.8. The van der Waals surface area contributed by atoms with Gasteiger partial charge in [0.05, 0.1) is 20.3 Å². The number of benzene rings is 2. The predicted molar refractivity (Wildman–Crippen MR) is 106 cm³/mol. The van der Waals surface area contributed by atoms with Crippen LogP contribution in [0, 0.1) is 0 Å². The van der Waals surface area contributed by atoms with Crippen LogP contribution in [0.2, 0.25) is 0 Å². The average Bonchev–Trinajstić information content (AvgIpc) is 2.69. The van der Waals surface area contributed by atoms with E-state index in [-0.39, 0.29) is 11.0 Å². The second kappa shape index (κ2) is 8.64. The summed E-state index contributed by atoms with van der Waals surface area (Å²) in [5.74, 6) is 0.428. The first-order valence-corrected chi connectivity index (χ1v) is 8.76. The summed E-state index contributed by atoms with van der Waals surface area (Å²) >= 11 is 5.22. The minimum absolute atomic E-state index is 0.255. The van der Waals surface area contributed by atoms with Gasteiger partial charge in [-0.05, 0) is 60.7 Å². The van der Waals surface area contributed by atoms with Crippen molar-refractivity contribution in [2.45, 2.75) is 0 Å². The Balaban J connectivity index is 1.54. The van der Waals surface area contributed by atoms with Crippen molar-refractivity contribution in [3.8, 4) is 5.75 Å². The van der Waals surface area contributed by atoms with Crippen LogP contribution in [-0.4, -0.2) is 44.4 Å². The van der Waals surface area contributed by atoms with E-state index in [1.807, 2.05) is 24.3 Å². The molecule has 2 aromatic carbocycles. The Morgan fingerprint density at radius 3 is 2.35 bits per heavy atom. The minimum atomic E-state index is -0.268.